The van der Waals surface area contributed by atoms with E-state index in [1.165, 1.54) is 4.90 Å². The first-order chi connectivity index (χ1) is 5.57. The zero-order chi connectivity index (χ0) is 9.56. The van der Waals surface area contributed by atoms with Gasteiger partial charge in [-0.2, -0.15) is 0 Å². The van der Waals surface area contributed by atoms with Gasteiger partial charge in [-0.15, -0.1) is 0 Å². The molecule has 0 bridgehead atoms. The van der Waals surface area contributed by atoms with Crippen molar-refractivity contribution in [3.05, 3.63) is 0 Å². The van der Waals surface area contributed by atoms with Gasteiger partial charge in [-0.1, -0.05) is 19.8 Å². The van der Waals surface area contributed by atoms with Gasteiger partial charge in [0.25, 0.3) is 0 Å². The van der Waals surface area contributed by atoms with E-state index >= 15 is 0 Å². The molecule has 3 heteroatoms. The topological polar surface area (TPSA) is 29.5 Å². The van der Waals surface area contributed by atoms with Crippen molar-refractivity contribution >= 4 is 6.09 Å². The number of amides is 1. The zero-order valence-electron chi connectivity index (χ0n) is 8.46. The first kappa shape index (κ1) is 11.3. The second kappa shape index (κ2) is 5.86. The molecule has 0 aliphatic heterocycles. The number of hydrogen-bond donors (Lipinski definition) is 0. The van der Waals surface area contributed by atoms with Gasteiger partial charge in [0.2, 0.25) is 0 Å². The van der Waals surface area contributed by atoms with E-state index in [-0.39, 0.29) is 12.2 Å². The summed E-state index contributed by atoms with van der Waals surface area (Å²) in [5.74, 6) is 0. The first-order valence-electron chi connectivity index (χ1n) is 4.45. The third-order valence-electron chi connectivity index (χ3n) is 1.63. The average molecular weight is 173 g/mol. The highest BCUT2D eigenvalue weighted by molar-refractivity contribution is 5.66. The van der Waals surface area contributed by atoms with E-state index in [1.807, 2.05) is 6.92 Å². The smallest absolute Gasteiger partial charge is 0.409 e. The highest BCUT2D eigenvalue weighted by Crippen LogP contribution is 2.04. The largest absolute Gasteiger partial charge is 0.446 e. The third kappa shape index (κ3) is 4.99. The fraction of sp³-hybridized carbons (Fsp3) is 0.889. The molecular formula is C9H19NO2. The molecule has 0 N–H and O–H groups in total. The molecule has 0 aromatic heterocycles. The van der Waals surface area contributed by atoms with Crippen LogP contribution in [0.1, 0.15) is 33.1 Å². The predicted molar refractivity (Wildman–Crippen MR) is 49.2 cm³/mol. The molecule has 3 nitrogen and oxygen atoms in total. The van der Waals surface area contributed by atoms with Crippen molar-refractivity contribution in [3.8, 4) is 0 Å². The minimum atomic E-state index is -0.251. The summed E-state index contributed by atoms with van der Waals surface area (Å²) in [7, 11) is 3.38. The standard InChI is InChI=1S/C9H19NO2/c1-5-6-7-8(2)12-9(11)10(3)4/h8H,5-7H2,1-4H3. The summed E-state index contributed by atoms with van der Waals surface area (Å²) in [5, 5.41) is 0. The van der Waals surface area contributed by atoms with Gasteiger partial charge in [-0.25, -0.2) is 4.79 Å². The Labute approximate surface area is 74.7 Å². The van der Waals surface area contributed by atoms with Crippen molar-refractivity contribution in [1.82, 2.24) is 4.90 Å². The van der Waals surface area contributed by atoms with Gasteiger partial charge in [-0.05, 0) is 13.3 Å². The second-order valence-corrected chi connectivity index (χ2v) is 3.23. The van der Waals surface area contributed by atoms with Crippen LogP contribution in [0.3, 0.4) is 0 Å². The molecule has 72 valence electrons. The zero-order valence-corrected chi connectivity index (χ0v) is 8.46. The van der Waals surface area contributed by atoms with Crippen LogP contribution in [-0.2, 0) is 4.74 Å². The van der Waals surface area contributed by atoms with E-state index in [9.17, 15) is 4.79 Å². The number of carbonyl (C=O) groups excluding carboxylic acids is 1. The van der Waals surface area contributed by atoms with E-state index in [1.54, 1.807) is 14.1 Å². The van der Waals surface area contributed by atoms with Crippen LogP contribution in [0.4, 0.5) is 4.79 Å². The average Bonchev–Trinajstić information content (AvgIpc) is 2.00. The quantitative estimate of drug-likeness (QED) is 0.652. The number of hydrogen-bond acceptors (Lipinski definition) is 2. The van der Waals surface area contributed by atoms with Gasteiger partial charge >= 0.3 is 6.09 Å². The van der Waals surface area contributed by atoms with Gasteiger partial charge in [0.1, 0.15) is 6.10 Å². The van der Waals surface area contributed by atoms with E-state index in [4.69, 9.17) is 4.74 Å². The van der Waals surface area contributed by atoms with Crippen molar-refractivity contribution in [3.63, 3.8) is 0 Å². The molecule has 1 atom stereocenters. The number of carbonyl (C=O) groups is 1. The van der Waals surface area contributed by atoms with Crippen LogP contribution in [0.25, 0.3) is 0 Å². The third-order valence-corrected chi connectivity index (χ3v) is 1.63. The Morgan fingerprint density at radius 3 is 2.50 bits per heavy atom. The monoisotopic (exact) mass is 173 g/mol. The Kier molecular flexibility index (Phi) is 5.51. The lowest BCUT2D eigenvalue weighted by Gasteiger charge is -2.16. The highest BCUT2D eigenvalue weighted by Gasteiger charge is 2.09. The molecule has 0 saturated carbocycles. The summed E-state index contributed by atoms with van der Waals surface area (Å²) >= 11 is 0. The number of unbranched alkanes of at least 4 members (excludes halogenated alkanes) is 1. The Balaban J connectivity index is 3.54. The lowest BCUT2D eigenvalue weighted by molar-refractivity contribution is 0.0778. The lowest BCUT2D eigenvalue weighted by atomic mass is 10.2. The van der Waals surface area contributed by atoms with E-state index < -0.39 is 0 Å². The Morgan fingerprint density at radius 1 is 1.50 bits per heavy atom. The molecule has 0 heterocycles. The minimum Gasteiger partial charge on any atom is -0.446 e. The number of rotatable bonds is 4. The number of ether oxygens (including phenoxy) is 1. The normalized spacial score (nSPS) is 12.3. The van der Waals surface area contributed by atoms with Crippen molar-refractivity contribution in [1.29, 1.82) is 0 Å². The molecule has 0 saturated heterocycles. The van der Waals surface area contributed by atoms with Crippen LogP contribution in [-0.4, -0.2) is 31.2 Å². The van der Waals surface area contributed by atoms with Crippen LogP contribution in [0.5, 0.6) is 0 Å². The van der Waals surface area contributed by atoms with Crippen LogP contribution in [0, 0.1) is 0 Å². The lowest BCUT2D eigenvalue weighted by Crippen LogP contribution is -2.26. The van der Waals surface area contributed by atoms with Crippen LogP contribution in [0.2, 0.25) is 0 Å². The van der Waals surface area contributed by atoms with Gasteiger partial charge in [0.05, 0.1) is 0 Å². The van der Waals surface area contributed by atoms with Crippen LogP contribution >= 0.6 is 0 Å². The first-order valence-corrected chi connectivity index (χ1v) is 4.45. The molecule has 12 heavy (non-hydrogen) atoms. The number of nitrogens with zero attached hydrogens (tertiary/aromatic N) is 1. The molecule has 0 aliphatic carbocycles. The maximum atomic E-state index is 11.0. The molecule has 1 amide bonds. The van der Waals surface area contributed by atoms with Gasteiger partial charge in [0, 0.05) is 14.1 Å². The van der Waals surface area contributed by atoms with E-state index in [0.29, 0.717) is 0 Å². The summed E-state index contributed by atoms with van der Waals surface area (Å²) in [5.41, 5.74) is 0. The fourth-order valence-corrected chi connectivity index (χ4v) is 0.828. The van der Waals surface area contributed by atoms with Crippen molar-refractivity contribution in [2.45, 2.75) is 39.2 Å². The van der Waals surface area contributed by atoms with Crippen LogP contribution in [0.15, 0.2) is 0 Å². The Morgan fingerprint density at radius 2 is 2.08 bits per heavy atom. The SMILES string of the molecule is CCCCC(C)OC(=O)N(C)C. The minimum absolute atomic E-state index is 0.0415. The van der Waals surface area contributed by atoms with Crippen molar-refractivity contribution < 1.29 is 9.53 Å². The molecule has 0 aromatic rings. The molecule has 0 aliphatic rings. The molecular weight excluding hydrogens is 154 g/mol. The predicted octanol–water partition coefficient (Wildman–Crippen LogP) is 2.26. The second-order valence-electron chi connectivity index (χ2n) is 3.23. The summed E-state index contributed by atoms with van der Waals surface area (Å²) < 4.78 is 5.10. The maximum absolute atomic E-state index is 11.0. The fourth-order valence-electron chi connectivity index (χ4n) is 0.828. The van der Waals surface area contributed by atoms with E-state index in [2.05, 4.69) is 6.92 Å². The van der Waals surface area contributed by atoms with Gasteiger partial charge in [0.15, 0.2) is 0 Å². The summed E-state index contributed by atoms with van der Waals surface area (Å²) in [6.45, 7) is 4.05. The summed E-state index contributed by atoms with van der Waals surface area (Å²) in [6.07, 6.45) is 3.00. The molecule has 0 rings (SSSR count). The van der Waals surface area contributed by atoms with Crippen molar-refractivity contribution in [2.24, 2.45) is 0 Å². The van der Waals surface area contributed by atoms with E-state index in [0.717, 1.165) is 19.3 Å². The summed E-state index contributed by atoms with van der Waals surface area (Å²) in [6, 6.07) is 0. The summed E-state index contributed by atoms with van der Waals surface area (Å²) in [4.78, 5) is 12.5. The van der Waals surface area contributed by atoms with Gasteiger partial charge < -0.3 is 9.64 Å². The highest BCUT2D eigenvalue weighted by atomic mass is 16.6. The maximum Gasteiger partial charge on any atom is 0.409 e. The molecule has 1 unspecified atom stereocenters. The Hall–Kier alpha value is -0.730. The Bertz CT molecular complexity index is 134. The van der Waals surface area contributed by atoms with Gasteiger partial charge in [-0.3, -0.25) is 0 Å². The molecule has 0 spiro atoms. The molecule has 0 fully saturated rings. The van der Waals surface area contributed by atoms with Crippen LogP contribution < -0.4 is 0 Å². The van der Waals surface area contributed by atoms with Crippen molar-refractivity contribution in [2.75, 3.05) is 14.1 Å². The molecule has 0 aromatic carbocycles. The molecule has 0 radical (unpaired) electrons.